The van der Waals surface area contributed by atoms with Crippen molar-refractivity contribution < 1.29 is 4.79 Å². The number of hydrogen-bond donors (Lipinski definition) is 1. The molecule has 2 rings (SSSR count). The van der Waals surface area contributed by atoms with Gasteiger partial charge in [0.1, 0.15) is 0 Å². The molecule has 112 valence electrons. The average molecular weight is 279 g/mol. The average Bonchev–Trinajstić information content (AvgIpc) is 2.86. The second kappa shape index (κ2) is 6.83. The Morgan fingerprint density at radius 3 is 2.80 bits per heavy atom. The number of carbonyl (C=O) groups is 1. The molecular formula is C14H25N5O. The summed E-state index contributed by atoms with van der Waals surface area (Å²) in [7, 11) is 1.83. The summed E-state index contributed by atoms with van der Waals surface area (Å²) < 4.78 is 1.93. The lowest BCUT2D eigenvalue weighted by molar-refractivity contribution is 0.0786. The van der Waals surface area contributed by atoms with E-state index in [-0.39, 0.29) is 5.91 Å². The van der Waals surface area contributed by atoms with Crippen LogP contribution in [0, 0.1) is 6.92 Å². The van der Waals surface area contributed by atoms with Crippen molar-refractivity contribution in [3.05, 3.63) is 11.4 Å². The van der Waals surface area contributed by atoms with Crippen LogP contribution in [-0.2, 0) is 0 Å². The van der Waals surface area contributed by atoms with Gasteiger partial charge in [-0.25, -0.2) is 4.68 Å². The molecule has 1 amide bonds. The van der Waals surface area contributed by atoms with Crippen LogP contribution >= 0.6 is 0 Å². The third-order valence-corrected chi connectivity index (χ3v) is 3.98. The van der Waals surface area contributed by atoms with Gasteiger partial charge in [-0.15, -0.1) is 5.10 Å². The van der Waals surface area contributed by atoms with Crippen LogP contribution in [0.1, 0.15) is 54.8 Å². The van der Waals surface area contributed by atoms with Crippen LogP contribution in [0.2, 0.25) is 0 Å². The highest BCUT2D eigenvalue weighted by Crippen LogP contribution is 2.20. The topological polar surface area (TPSA) is 63.1 Å². The monoisotopic (exact) mass is 279 g/mol. The van der Waals surface area contributed by atoms with Gasteiger partial charge in [0.05, 0.1) is 11.7 Å². The Hall–Kier alpha value is -1.43. The van der Waals surface area contributed by atoms with E-state index in [1.807, 2.05) is 18.7 Å². The SMILES string of the molecule is CCCCN(C)C(=O)c1nnn(C2CCNCC2)c1C. The van der Waals surface area contributed by atoms with Crippen molar-refractivity contribution in [2.75, 3.05) is 26.7 Å². The van der Waals surface area contributed by atoms with E-state index in [2.05, 4.69) is 22.6 Å². The van der Waals surface area contributed by atoms with Crippen LogP contribution in [-0.4, -0.2) is 52.5 Å². The Morgan fingerprint density at radius 2 is 2.15 bits per heavy atom. The van der Waals surface area contributed by atoms with Crippen LogP contribution in [0.15, 0.2) is 0 Å². The third-order valence-electron chi connectivity index (χ3n) is 3.98. The minimum absolute atomic E-state index is 0.0175. The fourth-order valence-corrected chi connectivity index (χ4v) is 2.61. The van der Waals surface area contributed by atoms with Gasteiger partial charge in [-0.3, -0.25) is 4.79 Å². The molecule has 1 aliphatic heterocycles. The van der Waals surface area contributed by atoms with Crippen molar-refractivity contribution in [3.8, 4) is 0 Å². The maximum absolute atomic E-state index is 12.4. The van der Waals surface area contributed by atoms with Gasteiger partial charge in [-0.2, -0.15) is 0 Å². The normalized spacial score (nSPS) is 16.4. The van der Waals surface area contributed by atoms with Crippen molar-refractivity contribution >= 4 is 5.91 Å². The van der Waals surface area contributed by atoms with Crippen molar-refractivity contribution in [3.63, 3.8) is 0 Å². The molecule has 0 spiro atoms. The van der Waals surface area contributed by atoms with E-state index in [0.717, 1.165) is 51.0 Å². The number of aromatic nitrogens is 3. The number of nitrogens with zero attached hydrogens (tertiary/aromatic N) is 4. The molecule has 1 aliphatic rings. The van der Waals surface area contributed by atoms with Gasteiger partial charge >= 0.3 is 0 Å². The fourth-order valence-electron chi connectivity index (χ4n) is 2.61. The van der Waals surface area contributed by atoms with Crippen LogP contribution < -0.4 is 5.32 Å². The van der Waals surface area contributed by atoms with Crippen LogP contribution in [0.25, 0.3) is 0 Å². The zero-order valence-corrected chi connectivity index (χ0v) is 12.7. The highest BCUT2D eigenvalue weighted by Gasteiger charge is 2.24. The lowest BCUT2D eigenvalue weighted by Gasteiger charge is -2.23. The summed E-state index contributed by atoms with van der Waals surface area (Å²) in [5.74, 6) is -0.0175. The predicted octanol–water partition coefficient (Wildman–Crippen LogP) is 1.38. The van der Waals surface area contributed by atoms with Gasteiger partial charge in [0, 0.05) is 13.6 Å². The molecule has 0 radical (unpaired) electrons. The van der Waals surface area contributed by atoms with Crippen LogP contribution in [0.5, 0.6) is 0 Å². The molecular weight excluding hydrogens is 254 g/mol. The third kappa shape index (κ3) is 3.17. The lowest BCUT2D eigenvalue weighted by atomic mass is 10.1. The molecule has 6 heteroatoms. The van der Waals surface area contributed by atoms with E-state index in [9.17, 15) is 4.79 Å². The second-order valence-corrected chi connectivity index (χ2v) is 5.53. The molecule has 0 unspecified atom stereocenters. The number of unbranched alkanes of at least 4 members (excludes halogenated alkanes) is 1. The maximum Gasteiger partial charge on any atom is 0.276 e. The molecule has 0 bridgehead atoms. The molecule has 6 nitrogen and oxygen atoms in total. The van der Waals surface area contributed by atoms with Gasteiger partial charge < -0.3 is 10.2 Å². The predicted molar refractivity (Wildman–Crippen MR) is 77.8 cm³/mol. The molecule has 1 aromatic rings. The van der Waals surface area contributed by atoms with Crippen molar-refractivity contribution in [1.29, 1.82) is 0 Å². The highest BCUT2D eigenvalue weighted by molar-refractivity contribution is 5.93. The molecule has 0 atom stereocenters. The maximum atomic E-state index is 12.4. The Bertz CT molecular complexity index is 450. The van der Waals surface area contributed by atoms with E-state index in [1.54, 1.807) is 4.90 Å². The first-order valence-corrected chi connectivity index (χ1v) is 7.53. The number of amides is 1. The zero-order valence-electron chi connectivity index (χ0n) is 12.7. The molecule has 20 heavy (non-hydrogen) atoms. The number of nitrogens with one attached hydrogen (secondary N) is 1. The van der Waals surface area contributed by atoms with E-state index < -0.39 is 0 Å². The first-order chi connectivity index (χ1) is 9.65. The van der Waals surface area contributed by atoms with E-state index in [1.165, 1.54) is 0 Å². The summed E-state index contributed by atoms with van der Waals surface area (Å²) in [6.45, 7) is 6.85. The summed E-state index contributed by atoms with van der Waals surface area (Å²) in [4.78, 5) is 14.1. The molecule has 1 fully saturated rings. The van der Waals surface area contributed by atoms with Crippen LogP contribution in [0.3, 0.4) is 0 Å². The fraction of sp³-hybridized carbons (Fsp3) is 0.786. The molecule has 0 saturated carbocycles. The Kier molecular flexibility index (Phi) is 5.11. The molecule has 2 heterocycles. The first kappa shape index (κ1) is 15.0. The minimum atomic E-state index is -0.0175. The Balaban J connectivity index is 2.09. The van der Waals surface area contributed by atoms with Crippen molar-refractivity contribution in [2.45, 2.75) is 45.6 Å². The zero-order chi connectivity index (χ0) is 14.5. The van der Waals surface area contributed by atoms with Crippen molar-refractivity contribution in [1.82, 2.24) is 25.2 Å². The molecule has 0 aromatic carbocycles. The summed E-state index contributed by atoms with van der Waals surface area (Å²) in [5, 5.41) is 11.7. The van der Waals surface area contributed by atoms with E-state index >= 15 is 0 Å². The van der Waals surface area contributed by atoms with Gasteiger partial charge in [-0.1, -0.05) is 18.6 Å². The Labute approximate surface area is 120 Å². The number of hydrogen-bond acceptors (Lipinski definition) is 4. The van der Waals surface area contributed by atoms with Gasteiger partial charge in [0.15, 0.2) is 5.69 Å². The largest absolute Gasteiger partial charge is 0.340 e. The summed E-state index contributed by atoms with van der Waals surface area (Å²) in [6.07, 6.45) is 4.19. The van der Waals surface area contributed by atoms with E-state index in [0.29, 0.717) is 11.7 Å². The second-order valence-electron chi connectivity index (χ2n) is 5.53. The number of carbonyl (C=O) groups excluding carboxylic acids is 1. The summed E-state index contributed by atoms with van der Waals surface area (Å²) in [5.41, 5.74) is 1.40. The molecule has 1 N–H and O–H groups in total. The highest BCUT2D eigenvalue weighted by atomic mass is 16.2. The molecule has 1 aromatic heterocycles. The summed E-state index contributed by atoms with van der Waals surface area (Å²) >= 11 is 0. The van der Waals surface area contributed by atoms with Crippen molar-refractivity contribution in [2.24, 2.45) is 0 Å². The van der Waals surface area contributed by atoms with Gasteiger partial charge in [0.2, 0.25) is 0 Å². The smallest absolute Gasteiger partial charge is 0.276 e. The van der Waals surface area contributed by atoms with Gasteiger partial charge in [0.25, 0.3) is 5.91 Å². The minimum Gasteiger partial charge on any atom is -0.340 e. The van der Waals surface area contributed by atoms with Gasteiger partial charge in [-0.05, 0) is 39.3 Å². The lowest BCUT2D eigenvalue weighted by Crippen LogP contribution is -2.31. The van der Waals surface area contributed by atoms with E-state index in [4.69, 9.17) is 0 Å². The number of piperidine rings is 1. The molecule has 0 aliphatic carbocycles. The number of rotatable bonds is 5. The molecule has 1 saturated heterocycles. The standard InChI is InChI=1S/C14H25N5O/c1-4-5-10-18(3)14(20)13-11(2)19(17-16-13)12-6-8-15-9-7-12/h12,15H,4-10H2,1-3H3. The first-order valence-electron chi connectivity index (χ1n) is 7.53. The Morgan fingerprint density at radius 1 is 1.45 bits per heavy atom. The summed E-state index contributed by atoms with van der Waals surface area (Å²) in [6, 6.07) is 0.367. The quantitative estimate of drug-likeness (QED) is 0.884. The van der Waals surface area contributed by atoms with Crippen LogP contribution in [0.4, 0.5) is 0 Å².